The molecule has 0 bridgehead atoms. The van der Waals surface area contributed by atoms with Gasteiger partial charge in [0.05, 0.1) is 22.2 Å². The van der Waals surface area contributed by atoms with Crippen molar-refractivity contribution >= 4 is 45.0 Å². The highest BCUT2D eigenvalue weighted by Crippen LogP contribution is 2.44. The molecule has 4 aromatic heterocycles. The molecule has 0 aliphatic heterocycles. The third-order valence-electron chi connectivity index (χ3n) is 9.56. The third-order valence-corrected chi connectivity index (χ3v) is 9.56. The van der Waals surface area contributed by atoms with Crippen molar-refractivity contribution in [3.05, 3.63) is 108 Å². The molecule has 10 nitrogen and oxygen atoms in total. The number of ketones is 2. The van der Waals surface area contributed by atoms with E-state index in [1.807, 2.05) is 48.5 Å². The number of fused-ring (bicyclic) bond motifs is 10. The maximum absolute atomic E-state index is 13.4. The fourth-order valence-corrected chi connectivity index (χ4v) is 7.10. The minimum Gasteiger partial charge on any atom is -0.368 e. The van der Waals surface area contributed by atoms with Crippen LogP contribution in [0.1, 0.15) is 38.3 Å². The third kappa shape index (κ3) is 5.48. The van der Waals surface area contributed by atoms with E-state index in [0.717, 1.165) is 76.7 Å². The zero-order valence-corrected chi connectivity index (χ0v) is 27.5. The average molecular weight is 649 g/mol. The Balaban J connectivity index is 0.847. The van der Waals surface area contributed by atoms with Gasteiger partial charge >= 0.3 is 0 Å². The van der Waals surface area contributed by atoms with Gasteiger partial charge in [0, 0.05) is 95.1 Å². The first-order chi connectivity index (χ1) is 24.0. The van der Waals surface area contributed by atoms with Crippen molar-refractivity contribution in [3.8, 4) is 22.3 Å². The summed E-state index contributed by atoms with van der Waals surface area (Å²) in [5.74, 6) is 1.25. The van der Waals surface area contributed by atoms with Crippen LogP contribution in [0.25, 0.3) is 44.1 Å². The SMILES string of the molecule is CN(CCCN(C)CCNc1nc2ccccc2c2c1C(=O)c1ccncc1-2)CCNc1nc2ccccc2c2c1C(=O)c1ccncc1-2. The number of hydrogen-bond acceptors (Lipinski definition) is 10. The van der Waals surface area contributed by atoms with E-state index in [0.29, 0.717) is 47.0 Å². The summed E-state index contributed by atoms with van der Waals surface area (Å²) in [7, 11) is 4.23. The number of hydrogen-bond donors (Lipinski definition) is 2. The molecule has 6 aromatic rings. The summed E-state index contributed by atoms with van der Waals surface area (Å²) in [5, 5.41) is 8.87. The number of nitrogens with one attached hydrogen (secondary N) is 2. The highest BCUT2D eigenvalue weighted by atomic mass is 16.1. The molecule has 2 aliphatic rings. The molecule has 244 valence electrons. The molecule has 0 saturated heterocycles. The Morgan fingerprint density at radius 3 is 1.47 bits per heavy atom. The Bertz CT molecular complexity index is 2110. The lowest BCUT2D eigenvalue weighted by molar-refractivity contribution is 0.103. The smallest absolute Gasteiger partial charge is 0.198 e. The van der Waals surface area contributed by atoms with Gasteiger partial charge in [-0.3, -0.25) is 19.6 Å². The monoisotopic (exact) mass is 648 g/mol. The van der Waals surface area contributed by atoms with Crippen molar-refractivity contribution in [1.29, 1.82) is 0 Å². The topological polar surface area (TPSA) is 116 Å². The van der Waals surface area contributed by atoms with E-state index in [1.165, 1.54) is 0 Å². The Hall–Kier alpha value is -5.58. The Kier molecular flexibility index (Phi) is 8.03. The molecule has 0 radical (unpaired) electrons. The largest absolute Gasteiger partial charge is 0.368 e. The second-order valence-electron chi connectivity index (χ2n) is 12.8. The lowest BCUT2D eigenvalue weighted by Crippen LogP contribution is -2.31. The van der Waals surface area contributed by atoms with Crippen LogP contribution in [0, 0.1) is 0 Å². The normalized spacial score (nSPS) is 12.9. The molecule has 4 heterocycles. The van der Waals surface area contributed by atoms with E-state index >= 15 is 0 Å². The fraction of sp³-hybridized carbons (Fsp3) is 0.231. The number of benzene rings is 2. The summed E-state index contributed by atoms with van der Waals surface area (Å²) in [6, 6.07) is 19.5. The van der Waals surface area contributed by atoms with E-state index in [4.69, 9.17) is 9.97 Å². The molecule has 0 amide bonds. The number of nitrogens with zero attached hydrogens (tertiary/aromatic N) is 6. The molecular formula is C39H36N8O2. The number of rotatable bonds is 12. The summed E-state index contributed by atoms with van der Waals surface area (Å²) in [5.41, 5.74) is 7.91. The van der Waals surface area contributed by atoms with E-state index in [1.54, 1.807) is 36.9 Å². The molecule has 2 N–H and O–H groups in total. The predicted molar refractivity (Wildman–Crippen MR) is 193 cm³/mol. The quantitative estimate of drug-likeness (QED) is 0.169. The van der Waals surface area contributed by atoms with Crippen LogP contribution in [0.15, 0.2) is 85.5 Å². The van der Waals surface area contributed by atoms with Crippen molar-refractivity contribution < 1.29 is 9.59 Å². The Labute approximate surface area is 284 Å². The van der Waals surface area contributed by atoms with Crippen LogP contribution in [-0.2, 0) is 0 Å². The van der Waals surface area contributed by atoms with E-state index in [-0.39, 0.29) is 11.6 Å². The van der Waals surface area contributed by atoms with Crippen molar-refractivity contribution in [1.82, 2.24) is 29.7 Å². The van der Waals surface area contributed by atoms with Gasteiger partial charge < -0.3 is 20.4 Å². The van der Waals surface area contributed by atoms with Crippen LogP contribution in [-0.4, -0.2) is 94.7 Å². The number of anilines is 2. The average Bonchev–Trinajstić information content (AvgIpc) is 3.60. The minimum absolute atomic E-state index is 0.00573. The molecule has 10 heteroatoms. The standard InChI is InChI=1S/C39H36N8O2/c1-46(20-16-42-38-34-32(26-8-3-5-10-30(26)44-38)28-22-40-14-12-24(28)36(34)48)18-7-19-47(2)21-17-43-39-35-33(27-9-4-6-11-31(27)45-39)29-23-41-15-13-25(29)37(35)49/h3-6,8-15,22-23H,7,16-21H2,1-2H3,(H,42,44)(H,43,45). The number of para-hydroxylation sites is 2. The lowest BCUT2D eigenvalue weighted by atomic mass is 10.0. The van der Waals surface area contributed by atoms with Crippen LogP contribution < -0.4 is 10.6 Å². The first-order valence-corrected chi connectivity index (χ1v) is 16.7. The van der Waals surface area contributed by atoms with Crippen molar-refractivity contribution in [3.63, 3.8) is 0 Å². The van der Waals surface area contributed by atoms with Crippen LogP contribution in [0.3, 0.4) is 0 Å². The minimum atomic E-state index is -0.00573. The zero-order chi connectivity index (χ0) is 33.5. The molecule has 2 aliphatic carbocycles. The van der Waals surface area contributed by atoms with E-state index in [2.05, 4.69) is 44.5 Å². The highest BCUT2D eigenvalue weighted by Gasteiger charge is 2.33. The molecule has 0 saturated carbocycles. The number of aromatic nitrogens is 4. The van der Waals surface area contributed by atoms with Crippen molar-refractivity contribution in [2.24, 2.45) is 0 Å². The molecule has 0 fully saturated rings. The van der Waals surface area contributed by atoms with Gasteiger partial charge in [-0.2, -0.15) is 0 Å². The molecule has 0 spiro atoms. The van der Waals surface area contributed by atoms with Gasteiger partial charge in [0.1, 0.15) is 11.6 Å². The van der Waals surface area contributed by atoms with Crippen molar-refractivity contribution in [2.45, 2.75) is 6.42 Å². The zero-order valence-electron chi connectivity index (χ0n) is 27.5. The number of likely N-dealkylation sites (N-methyl/N-ethyl adjacent to an activating group) is 2. The molecule has 49 heavy (non-hydrogen) atoms. The molecule has 2 aromatic carbocycles. The second kappa shape index (κ2) is 12.8. The first kappa shape index (κ1) is 30.7. The summed E-state index contributed by atoms with van der Waals surface area (Å²) < 4.78 is 0. The van der Waals surface area contributed by atoms with Gasteiger partial charge in [-0.05, 0) is 57.9 Å². The highest BCUT2D eigenvalue weighted by molar-refractivity contribution is 6.28. The van der Waals surface area contributed by atoms with Gasteiger partial charge in [-0.15, -0.1) is 0 Å². The second-order valence-corrected chi connectivity index (χ2v) is 12.8. The van der Waals surface area contributed by atoms with Gasteiger partial charge in [-0.25, -0.2) is 9.97 Å². The molecule has 0 unspecified atom stereocenters. The molecular weight excluding hydrogens is 612 g/mol. The Morgan fingerprint density at radius 1 is 0.551 bits per heavy atom. The van der Waals surface area contributed by atoms with Gasteiger partial charge in [0.2, 0.25) is 0 Å². The maximum Gasteiger partial charge on any atom is 0.198 e. The van der Waals surface area contributed by atoms with Gasteiger partial charge in [0.15, 0.2) is 11.6 Å². The summed E-state index contributed by atoms with van der Waals surface area (Å²) in [4.78, 5) is 49.7. The van der Waals surface area contributed by atoms with Crippen LogP contribution in [0.5, 0.6) is 0 Å². The summed E-state index contributed by atoms with van der Waals surface area (Å²) in [6.07, 6.45) is 7.89. The fourth-order valence-electron chi connectivity index (χ4n) is 7.10. The van der Waals surface area contributed by atoms with E-state index in [9.17, 15) is 9.59 Å². The van der Waals surface area contributed by atoms with E-state index < -0.39 is 0 Å². The summed E-state index contributed by atoms with van der Waals surface area (Å²) >= 11 is 0. The molecule has 0 atom stereocenters. The predicted octanol–water partition coefficient (Wildman–Crippen LogP) is 5.77. The number of carbonyl (C=O) groups is 2. The maximum atomic E-state index is 13.4. The van der Waals surface area contributed by atoms with Crippen LogP contribution >= 0.6 is 0 Å². The lowest BCUT2D eigenvalue weighted by Gasteiger charge is -2.21. The van der Waals surface area contributed by atoms with Gasteiger partial charge in [-0.1, -0.05) is 36.4 Å². The molecule has 8 rings (SSSR count). The number of pyridine rings is 4. The van der Waals surface area contributed by atoms with Crippen molar-refractivity contribution in [2.75, 3.05) is 64.0 Å². The first-order valence-electron chi connectivity index (χ1n) is 16.7. The van der Waals surface area contributed by atoms with Crippen LogP contribution in [0.4, 0.5) is 11.6 Å². The Morgan fingerprint density at radius 2 is 1.00 bits per heavy atom. The summed E-state index contributed by atoms with van der Waals surface area (Å²) in [6.45, 7) is 4.80. The number of carbonyl (C=O) groups excluding carboxylic acids is 2. The van der Waals surface area contributed by atoms with Gasteiger partial charge in [0.25, 0.3) is 0 Å². The van der Waals surface area contributed by atoms with Crippen LogP contribution in [0.2, 0.25) is 0 Å².